The lowest BCUT2D eigenvalue weighted by Crippen LogP contribution is -1.82. The molecule has 3 heteroatoms. The lowest BCUT2D eigenvalue weighted by Gasteiger charge is -2.02. The second kappa shape index (κ2) is 4.40. The molecule has 4 rings (SSSR count). The van der Waals surface area contributed by atoms with Gasteiger partial charge in [-0.3, -0.25) is 4.98 Å². The molecular weight excluding hydrogens is 282 g/mol. The molecule has 0 atom stereocenters. The molecule has 0 fully saturated rings. The Bertz CT molecular complexity index is 931. The Hall–Kier alpha value is -1.71. The molecule has 0 unspecified atom stereocenters. The molecule has 0 N–H and O–H groups in total. The van der Waals surface area contributed by atoms with Crippen LogP contribution in [0.5, 0.6) is 0 Å². The first-order valence-electron chi connectivity index (χ1n) is 6.56. The van der Waals surface area contributed by atoms with Gasteiger partial charge in [-0.15, -0.1) is 22.7 Å². The third-order valence-electron chi connectivity index (χ3n) is 3.70. The highest BCUT2D eigenvalue weighted by Gasteiger charge is 2.14. The van der Waals surface area contributed by atoms with Gasteiger partial charge in [0.2, 0.25) is 0 Å². The summed E-state index contributed by atoms with van der Waals surface area (Å²) >= 11 is 3.73. The topological polar surface area (TPSA) is 12.9 Å². The minimum atomic E-state index is 1.06. The van der Waals surface area contributed by atoms with Crippen LogP contribution in [0.3, 0.4) is 0 Å². The summed E-state index contributed by atoms with van der Waals surface area (Å²) in [6.45, 7) is 4.42. The van der Waals surface area contributed by atoms with E-state index in [1.807, 2.05) is 34.9 Å². The lowest BCUT2D eigenvalue weighted by atomic mass is 10.1. The highest BCUT2D eigenvalue weighted by atomic mass is 32.2. The molecule has 0 aliphatic carbocycles. The van der Waals surface area contributed by atoms with Gasteiger partial charge < -0.3 is 0 Å². The van der Waals surface area contributed by atoms with Crippen molar-refractivity contribution in [2.24, 2.45) is 0 Å². The van der Waals surface area contributed by atoms with Crippen LogP contribution in [0.25, 0.3) is 30.7 Å². The first-order valence-corrected chi connectivity index (χ1v) is 8.26. The fourth-order valence-electron chi connectivity index (χ4n) is 2.70. The first-order chi connectivity index (χ1) is 9.74. The van der Waals surface area contributed by atoms with Crippen LogP contribution >= 0.6 is 22.7 Å². The number of aryl methyl sites for hydroxylation is 2. The smallest absolute Gasteiger partial charge is 0.0877 e. The van der Waals surface area contributed by atoms with Crippen molar-refractivity contribution in [1.82, 2.24) is 4.98 Å². The fraction of sp³-hybridized carbons (Fsp3) is 0.118. The molecule has 0 spiro atoms. The summed E-state index contributed by atoms with van der Waals surface area (Å²) in [6.07, 6.45) is 2.00. The zero-order valence-corrected chi connectivity index (χ0v) is 12.9. The molecule has 0 aliphatic rings. The maximum absolute atomic E-state index is 4.59. The average molecular weight is 295 g/mol. The third-order valence-corrected chi connectivity index (χ3v) is 6.27. The van der Waals surface area contributed by atoms with Crippen LogP contribution in [0.2, 0.25) is 0 Å². The molecule has 0 bridgehead atoms. The maximum Gasteiger partial charge on any atom is 0.0877 e. The number of benzene rings is 1. The Kier molecular flexibility index (Phi) is 2.65. The number of pyridine rings is 1. The number of hydrogen-bond donors (Lipinski definition) is 0. The van der Waals surface area contributed by atoms with Crippen LogP contribution in [-0.2, 0) is 0 Å². The molecule has 3 heterocycles. The van der Waals surface area contributed by atoms with E-state index in [2.05, 4.69) is 48.5 Å². The SMILES string of the molecule is Cc1csc2sc(-c3cnc4ccccc4c3)c(C)c12. The van der Waals surface area contributed by atoms with E-state index in [0.717, 1.165) is 5.52 Å². The van der Waals surface area contributed by atoms with Gasteiger partial charge in [-0.1, -0.05) is 18.2 Å². The van der Waals surface area contributed by atoms with Gasteiger partial charge in [-0.05, 0) is 42.5 Å². The standard InChI is InChI=1S/C17H13NS2/c1-10-9-19-17-15(10)11(2)16(20-17)13-7-12-5-3-4-6-14(12)18-8-13/h3-9H,1-2H3. The summed E-state index contributed by atoms with van der Waals surface area (Å²) in [7, 11) is 0. The zero-order chi connectivity index (χ0) is 13.7. The largest absolute Gasteiger partial charge is 0.256 e. The lowest BCUT2D eigenvalue weighted by molar-refractivity contribution is 1.41. The van der Waals surface area contributed by atoms with Crippen LogP contribution < -0.4 is 0 Å². The van der Waals surface area contributed by atoms with Crippen LogP contribution in [0.4, 0.5) is 0 Å². The fourth-order valence-corrected chi connectivity index (χ4v) is 5.20. The Morgan fingerprint density at radius 2 is 1.95 bits per heavy atom. The predicted molar refractivity (Wildman–Crippen MR) is 89.9 cm³/mol. The second-order valence-electron chi connectivity index (χ2n) is 5.05. The summed E-state index contributed by atoms with van der Waals surface area (Å²) in [5.74, 6) is 0. The van der Waals surface area contributed by atoms with Gasteiger partial charge in [0.05, 0.1) is 9.53 Å². The molecule has 1 aromatic carbocycles. The number of nitrogens with zero attached hydrogens (tertiary/aromatic N) is 1. The molecule has 0 saturated carbocycles. The number of fused-ring (bicyclic) bond motifs is 2. The molecule has 0 radical (unpaired) electrons. The van der Waals surface area contributed by atoms with Gasteiger partial charge in [0.25, 0.3) is 0 Å². The first kappa shape index (κ1) is 12.1. The minimum Gasteiger partial charge on any atom is -0.256 e. The zero-order valence-electron chi connectivity index (χ0n) is 11.3. The summed E-state index contributed by atoms with van der Waals surface area (Å²) in [5, 5.41) is 4.89. The molecule has 0 amide bonds. The molecule has 20 heavy (non-hydrogen) atoms. The van der Waals surface area contributed by atoms with Crippen molar-refractivity contribution in [2.75, 3.05) is 0 Å². The van der Waals surface area contributed by atoms with Crippen molar-refractivity contribution in [1.29, 1.82) is 0 Å². The van der Waals surface area contributed by atoms with E-state index < -0.39 is 0 Å². The molecule has 4 aromatic rings. The highest BCUT2D eigenvalue weighted by molar-refractivity contribution is 7.39. The monoisotopic (exact) mass is 295 g/mol. The van der Waals surface area contributed by atoms with Crippen LogP contribution in [0, 0.1) is 13.8 Å². The summed E-state index contributed by atoms with van der Waals surface area (Å²) in [6, 6.07) is 10.5. The number of hydrogen-bond acceptors (Lipinski definition) is 3. The van der Waals surface area contributed by atoms with Gasteiger partial charge in [0, 0.05) is 27.4 Å². The van der Waals surface area contributed by atoms with Crippen molar-refractivity contribution in [2.45, 2.75) is 13.8 Å². The third kappa shape index (κ3) is 1.70. The molecule has 98 valence electrons. The molecule has 1 nitrogen and oxygen atoms in total. The Morgan fingerprint density at radius 1 is 1.10 bits per heavy atom. The Morgan fingerprint density at radius 3 is 2.80 bits per heavy atom. The van der Waals surface area contributed by atoms with Crippen LogP contribution in [0.15, 0.2) is 41.9 Å². The number of rotatable bonds is 1. The normalized spacial score (nSPS) is 11.5. The van der Waals surface area contributed by atoms with Gasteiger partial charge in [-0.25, -0.2) is 0 Å². The van der Waals surface area contributed by atoms with E-state index in [1.54, 1.807) is 0 Å². The Balaban J connectivity index is 1.98. The summed E-state index contributed by atoms with van der Waals surface area (Å²) < 4.78 is 1.42. The van der Waals surface area contributed by atoms with E-state index >= 15 is 0 Å². The van der Waals surface area contributed by atoms with Crippen molar-refractivity contribution < 1.29 is 0 Å². The van der Waals surface area contributed by atoms with E-state index in [4.69, 9.17) is 0 Å². The predicted octanol–water partition coefficient (Wildman–Crippen LogP) is 5.79. The van der Waals surface area contributed by atoms with Crippen LogP contribution in [-0.4, -0.2) is 4.98 Å². The number of aromatic nitrogens is 1. The van der Waals surface area contributed by atoms with Gasteiger partial charge >= 0.3 is 0 Å². The minimum absolute atomic E-state index is 1.06. The second-order valence-corrected chi connectivity index (χ2v) is 7.21. The molecule has 0 aliphatic heterocycles. The quantitative estimate of drug-likeness (QED) is 0.433. The van der Waals surface area contributed by atoms with Crippen molar-refractivity contribution in [3.8, 4) is 10.4 Å². The average Bonchev–Trinajstić information content (AvgIpc) is 3.00. The van der Waals surface area contributed by atoms with E-state index in [9.17, 15) is 0 Å². The van der Waals surface area contributed by atoms with E-state index in [-0.39, 0.29) is 0 Å². The maximum atomic E-state index is 4.59. The van der Waals surface area contributed by atoms with Crippen LogP contribution in [0.1, 0.15) is 11.1 Å². The van der Waals surface area contributed by atoms with Gasteiger partial charge in [0.1, 0.15) is 0 Å². The van der Waals surface area contributed by atoms with E-state index in [0.29, 0.717) is 0 Å². The number of thiophene rings is 2. The van der Waals surface area contributed by atoms with Crippen molar-refractivity contribution in [3.63, 3.8) is 0 Å². The van der Waals surface area contributed by atoms with Gasteiger partial charge in [-0.2, -0.15) is 0 Å². The summed E-state index contributed by atoms with van der Waals surface area (Å²) in [5.41, 5.74) is 5.07. The van der Waals surface area contributed by atoms with Gasteiger partial charge in [0.15, 0.2) is 0 Å². The molecular formula is C17H13NS2. The summed E-state index contributed by atoms with van der Waals surface area (Å²) in [4.78, 5) is 5.94. The Labute approximate surface area is 125 Å². The molecule has 0 saturated heterocycles. The van der Waals surface area contributed by atoms with E-state index in [1.165, 1.54) is 36.4 Å². The van der Waals surface area contributed by atoms with Crippen molar-refractivity contribution >= 4 is 43.0 Å². The molecule has 3 aromatic heterocycles. The van der Waals surface area contributed by atoms with Crippen molar-refractivity contribution in [3.05, 3.63) is 53.0 Å². The highest BCUT2D eigenvalue weighted by Crippen LogP contribution is 2.42. The number of para-hydroxylation sites is 1.